The third kappa shape index (κ3) is 3.15. The minimum Gasteiger partial charge on any atom is -0.172 e. The Morgan fingerprint density at radius 3 is 1.90 bits per heavy atom. The van der Waals surface area contributed by atoms with Crippen LogP contribution in [0.3, 0.4) is 0 Å². The first-order chi connectivity index (χ1) is 10.3. The minimum absolute atomic E-state index is 0.294. The Labute approximate surface area is 133 Å². The van der Waals surface area contributed by atoms with Crippen molar-refractivity contribution >= 4 is 31.2 Å². The lowest BCUT2D eigenvalue weighted by Gasteiger charge is -2.28. The molecule has 2 aromatic rings. The molecule has 0 saturated heterocycles. The van der Waals surface area contributed by atoms with E-state index >= 15 is 0 Å². The minimum atomic E-state index is -0.428. The van der Waals surface area contributed by atoms with Gasteiger partial charge in [0.25, 0.3) is 0 Å². The van der Waals surface area contributed by atoms with Gasteiger partial charge in [-0.3, -0.25) is 0 Å². The molecule has 0 aromatic heterocycles. The predicted molar refractivity (Wildman–Crippen MR) is 98.5 cm³/mol. The summed E-state index contributed by atoms with van der Waals surface area (Å²) in [7, 11) is -0.428. The Morgan fingerprint density at radius 1 is 0.905 bits per heavy atom. The highest BCUT2D eigenvalue weighted by atomic mass is 32.1. The third-order valence-electron chi connectivity index (χ3n) is 3.75. The zero-order valence-corrected chi connectivity index (χ0v) is 13.8. The lowest BCUT2D eigenvalue weighted by atomic mass is 10.2. The molecule has 106 valence electrons. The Balaban J connectivity index is 2.06. The van der Waals surface area contributed by atoms with Crippen molar-refractivity contribution in [2.45, 2.75) is 17.8 Å². The molecule has 1 aliphatic carbocycles. The first-order valence-electron chi connectivity index (χ1n) is 7.23. The van der Waals surface area contributed by atoms with Gasteiger partial charge in [-0.2, -0.15) is 12.6 Å². The summed E-state index contributed by atoms with van der Waals surface area (Å²) >= 11 is 4.67. The van der Waals surface area contributed by atoms with Gasteiger partial charge >= 0.3 is 0 Å². The Morgan fingerprint density at radius 2 is 1.43 bits per heavy atom. The van der Waals surface area contributed by atoms with Crippen LogP contribution in [0.15, 0.2) is 84.5 Å². The fraction of sp³-hybridized carbons (Fsp3) is 0.158. The zero-order valence-electron chi connectivity index (χ0n) is 12.1. The number of allylic oxidation sites excluding steroid dienone is 3. The maximum Gasteiger partial charge on any atom is 0.0277 e. The van der Waals surface area contributed by atoms with Gasteiger partial charge in [0.1, 0.15) is 0 Å². The molecule has 2 atom stereocenters. The highest BCUT2D eigenvalue weighted by Gasteiger charge is 2.28. The molecule has 0 saturated carbocycles. The molecule has 0 aliphatic heterocycles. The van der Waals surface area contributed by atoms with Crippen molar-refractivity contribution in [2.75, 3.05) is 0 Å². The standard InChI is InChI=1S/C19H19PS/c1-15(21)18-13-8-14-19(18)20(16-9-4-2-5-10-16)17-11-6-3-7-12-17/h2-15,19,21H,1H3. The molecule has 0 heterocycles. The van der Waals surface area contributed by atoms with E-state index in [1.54, 1.807) is 0 Å². The maximum atomic E-state index is 4.67. The van der Waals surface area contributed by atoms with Crippen LogP contribution >= 0.6 is 20.6 Å². The van der Waals surface area contributed by atoms with Gasteiger partial charge in [0.05, 0.1) is 0 Å². The fourth-order valence-electron chi connectivity index (χ4n) is 2.75. The van der Waals surface area contributed by atoms with Crippen molar-refractivity contribution in [3.05, 3.63) is 84.5 Å². The molecular formula is C19H19PS. The largest absolute Gasteiger partial charge is 0.172 e. The number of benzene rings is 2. The molecule has 2 heteroatoms. The van der Waals surface area contributed by atoms with E-state index in [0.29, 0.717) is 10.9 Å². The molecule has 0 radical (unpaired) electrons. The van der Waals surface area contributed by atoms with Crippen LogP contribution in [0.2, 0.25) is 0 Å². The Hall–Kier alpha value is -1.30. The van der Waals surface area contributed by atoms with Crippen LogP contribution in [0.4, 0.5) is 0 Å². The van der Waals surface area contributed by atoms with Crippen LogP contribution in [0, 0.1) is 0 Å². The number of rotatable bonds is 4. The summed E-state index contributed by atoms with van der Waals surface area (Å²) in [5, 5.41) is 3.15. The maximum absolute atomic E-state index is 4.67. The summed E-state index contributed by atoms with van der Waals surface area (Å²) in [6.07, 6.45) is 6.77. The Bertz CT molecular complexity index is 604. The second kappa shape index (κ2) is 6.64. The molecule has 0 spiro atoms. The lowest BCUT2D eigenvalue weighted by molar-refractivity contribution is 1.08. The van der Waals surface area contributed by atoms with Crippen LogP contribution in [-0.4, -0.2) is 10.9 Å². The smallest absolute Gasteiger partial charge is 0.0277 e. The van der Waals surface area contributed by atoms with Gasteiger partial charge in [-0.1, -0.05) is 78.9 Å². The first-order valence-corrected chi connectivity index (χ1v) is 9.16. The van der Waals surface area contributed by atoms with Crippen LogP contribution in [0.5, 0.6) is 0 Å². The van der Waals surface area contributed by atoms with Gasteiger partial charge in [-0.25, -0.2) is 0 Å². The molecule has 0 N–H and O–H groups in total. The SMILES string of the molecule is CC(S)C1=CC=CC1P(c1ccccc1)c1ccccc1. The third-order valence-corrected chi connectivity index (χ3v) is 6.79. The molecule has 2 unspecified atom stereocenters. The van der Waals surface area contributed by atoms with Crippen LogP contribution < -0.4 is 10.6 Å². The van der Waals surface area contributed by atoms with Crippen molar-refractivity contribution in [3.8, 4) is 0 Å². The van der Waals surface area contributed by atoms with Crippen LogP contribution in [-0.2, 0) is 0 Å². The second-order valence-corrected chi connectivity index (χ2v) is 8.32. The van der Waals surface area contributed by atoms with E-state index in [-0.39, 0.29) is 0 Å². The molecule has 0 fully saturated rings. The van der Waals surface area contributed by atoms with E-state index in [4.69, 9.17) is 0 Å². The van der Waals surface area contributed by atoms with E-state index < -0.39 is 7.92 Å². The van der Waals surface area contributed by atoms with Gasteiger partial charge in [0.15, 0.2) is 0 Å². The van der Waals surface area contributed by atoms with Crippen molar-refractivity contribution in [1.29, 1.82) is 0 Å². The molecule has 0 nitrogen and oxygen atoms in total. The normalized spacial score (nSPS) is 18.8. The predicted octanol–water partition coefficient (Wildman–Crippen LogP) is 4.30. The topological polar surface area (TPSA) is 0 Å². The number of hydrogen-bond donors (Lipinski definition) is 1. The van der Waals surface area contributed by atoms with Crippen molar-refractivity contribution < 1.29 is 0 Å². The van der Waals surface area contributed by atoms with Crippen LogP contribution in [0.25, 0.3) is 0 Å². The molecule has 1 aliphatic rings. The lowest BCUT2D eigenvalue weighted by Crippen LogP contribution is -2.23. The fourth-order valence-corrected chi connectivity index (χ4v) is 5.92. The molecule has 3 rings (SSSR count). The highest BCUT2D eigenvalue weighted by molar-refractivity contribution is 7.81. The molecule has 2 aromatic carbocycles. The first kappa shape index (κ1) is 14.6. The van der Waals surface area contributed by atoms with Crippen LogP contribution in [0.1, 0.15) is 6.92 Å². The van der Waals surface area contributed by atoms with Gasteiger partial charge in [-0.05, 0) is 31.0 Å². The van der Waals surface area contributed by atoms with E-state index in [1.807, 2.05) is 0 Å². The highest BCUT2D eigenvalue weighted by Crippen LogP contribution is 2.46. The van der Waals surface area contributed by atoms with Gasteiger partial charge in [0.2, 0.25) is 0 Å². The molecule has 0 bridgehead atoms. The quantitative estimate of drug-likeness (QED) is 0.631. The van der Waals surface area contributed by atoms with E-state index in [9.17, 15) is 0 Å². The van der Waals surface area contributed by atoms with Gasteiger partial charge < -0.3 is 0 Å². The van der Waals surface area contributed by atoms with Gasteiger partial charge in [0, 0.05) is 10.9 Å². The average Bonchev–Trinajstić information content (AvgIpc) is 2.99. The van der Waals surface area contributed by atoms with E-state index in [1.165, 1.54) is 16.2 Å². The van der Waals surface area contributed by atoms with Crippen molar-refractivity contribution in [2.24, 2.45) is 0 Å². The Kier molecular flexibility index (Phi) is 4.63. The summed E-state index contributed by atoms with van der Waals surface area (Å²) in [4.78, 5) is 0. The number of hydrogen-bond acceptors (Lipinski definition) is 1. The summed E-state index contributed by atoms with van der Waals surface area (Å²) in [5.41, 5.74) is 1.88. The molecule has 0 amide bonds. The summed E-state index contributed by atoms with van der Waals surface area (Å²) in [6.45, 7) is 2.17. The molecule has 21 heavy (non-hydrogen) atoms. The molecular weight excluding hydrogens is 291 g/mol. The summed E-state index contributed by atoms with van der Waals surface area (Å²) in [5.74, 6) is 0. The monoisotopic (exact) mass is 310 g/mol. The van der Waals surface area contributed by atoms with E-state index in [2.05, 4.69) is 98.4 Å². The van der Waals surface area contributed by atoms with Crippen molar-refractivity contribution in [1.82, 2.24) is 0 Å². The zero-order chi connectivity index (χ0) is 14.7. The summed E-state index contributed by atoms with van der Waals surface area (Å²) < 4.78 is 0. The van der Waals surface area contributed by atoms with Crippen molar-refractivity contribution in [3.63, 3.8) is 0 Å². The van der Waals surface area contributed by atoms with E-state index in [0.717, 1.165) is 0 Å². The number of thiol groups is 1. The average molecular weight is 310 g/mol. The van der Waals surface area contributed by atoms with Gasteiger partial charge in [-0.15, -0.1) is 0 Å². The summed E-state index contributed by atoms with van der Waals surface area (Å²) in [6, 6.07) is 21.8. The second-order valence-electron chi connectivity index (χ2n) is 5.21.